The van der Waals surface area contributed by atoms with Crippen molar-refractivity contribution in [3.05, 3.63) is 64.2 Å². The minimum absolute atomic E-state index is 0.00728. The van der Waals surface area contributed by atoms with Crippen LogP contribution in [0.2, 0.25) is 5.02 Å². The number of nitrogens with one attached hydrogen (secondary N) is 1. The van der Waals surface area contributed by atoms with E-state index in [1.54, 1.807) is 7.11 Å². The van der Waals surface area contributed by atoms with Crippen molar-refractivity contribution >= 4 is 23.6 Å². The number of amides is 1. The van der Waals surface area contributed by atoms with Crippen molar-refractivity contribution in [1.82, 2.24) is 5.32 Å². The Morgan fingerprint density at radius 3 is 2.55 bits per heavy atom. The second kappa shape index (κ2) is 8.91. The third kappa shape index (κ3) is 4.76. The molecular weight excluding hydrogens is 386 g/mol. The first-order valence-corrected chi connectivity index (χ1v) is 10.6. The summed E-state index contributed by atoms with van der Waals surface area (Å²) in [6, 6.07) is 13.6. The van der Waals surface area contributed by atoms with Crippen molar-refractivity contribution in [2.75, 3.05) is 13.7 Å². The molecule has 1 N–H and O–H groups in total. The lowest BCUT2D eigenvalue weighted by atomic mass is 9.87. The lowest BCUT2D eigenvalue weighted by molar-refractivity contribution is -0.118. The van der Waals surface area contributed by atoms with E-state index in [0.717, 1.165) is 41.0 Å². The van der Waals surface area contributed by atoms with E-state index in [0.29, 0.717) is 18.0 Å². The molecule has 0 unspecified atom stereocenters. The summed E-state index contributed by atoms with van der Waals surface area (Å²) in [5.74, 6) is 1.75. The molecule has 1 aliphatic heterocycles. The minimum Gasteiger partial charge on any atom is -0.493 e. The Morgan fingerprint density at radius 1 is 1.07 bits per heavy atom. The van der Waals surface area contributed by atoms with Crippen LogP contribution in [0, 0.1) is 0 Å². The van der Waals surface area contributed by atoms with E-state index in [1.807, 2.05) is 36.4 Å². The van der Waals surface area contributed by atoms with Gasteiger partial charge in [-0.2, -0.15) is 0 Å². The molecule has 1 saturated heterocycles. The van der Waals surface area contributed by atoms with Gasteiger partial charge in [-0.15, -0.1) is 0 Å². The summed E-state index contributed by atoms with van der Waals surface area (Å²) < 4.78 is 11.8. The average molecular weight is 412 g/mol. The van der Waals surface area contributed by atoms with Crippen LogP contribution in [0.15, 0.2) is 48.0 Å². The largest absolute Gasteiger partial charge is 0.493 e. The maximum absolute atomic E-state index is 12.4. The normalized spacial score (nSPS) is 21.2. The van der Waals surface area contributed by atoms with Crippen molar-refractivity contribution in [2.24, 2.45) is 0 Å². The molecule has 2 aromatic rings. The SMILES string of the molecule is COc1ccc([C@H]2CNC(=O)C(=Cc3ccc(Cl)cc3)C2)cc1OC1CCCC1. The van der Waals surface area contributed by atoms with Crippen LogP contribution >= 0.6 is 11.6 Å². The molecule has 2 aliphatic rings. The molecule has 0 radical (unpaired) electrons. The van der Waals surface area contributed by atoms with Gasteiger partial charge in [0.05, 0.1) is 13.2 Å². The van der Waals surface area contributed by atoms with Gasteiger partial charge < -0.3 is 14.8 Å². The van der Waals surface area contributed by atoms with Gasteiger partial charge in [-0.1, -0.05) is 29.8 Å². The fourth-order valence-corrected chi connectivity index (χ4v) is 4.23. The minimum atomic E-state index is -0.00728. The Kier molecular flexibility index (Phi) is 6.10. The van der Waals surface area contributed by atoms with Gasteiger partial charge in [0.1, 0.15) is 0 Å². The third-order valence-electron chi connectivity index (χ3n) is 5.73. The topological polar surface area (TPSA) is 47.6 Å². The van der Waals surface area contributed by atoms with Crippen LogP contribution in [0.5, 0.6) is 11.5 Å². The molecule has 0 aromatic heterocycles. The zero-order valence-corrected chi connectivity index (χ0v) is 17.4. The molecule has 1 saturated carbocycles. The molecule has 5 heteroatoms. The maximum atomic E-state index is 12.4. The van der Waals surface area contributed by atoms with Gasteiger partial charge >= 0.3 is 0 Å². The number of hydrogen-bond acceptors (Lipinski definition) is 3. The van der Waals surface area contributed by atoms with Crippen LogP contribution in [0.1, 0.15) is 49.1 Å². The summed E-state index contributed by atoms with van der Waals surface area (Å²) in [7, 11) is 1.67. The van der Waals surface area contributed by atoms with E-state index < -0.39 is 0 Å². The van der Waals surface area contributed by atoms with Crippen LogP contribution < -0.4 is 14.8 Å². The van der Waals surface area contributed by atoms with Gasteiger partial charge in [-0.25, -0.2) is 0 Å². The molecule has 152 valence electrons. The number of ether oxygens (including phenoxy) is 2. The molecule has 4 rings (SSSR count). The number of rotatable bonds is 5. The van der Waals surface area contributed by atoms with Gasteiger partial charge in [-0.3, -0.25) is 4.79 Å². The lowest BCUT2D eigenvalue weighted by Crippen LogP contribution is -2.35. The monoisotopic (exact) mass is 411 g/mol. The van der Waals surface area contributed by atoms with E-state index >= 15 is 0 Å². The molecular formula is C24H26ClNO3. The van der Waals surface area contributed by atoms with Gasteiger partial charge in [0, 0.05) is 23.1 Å². The van der Waals surface area contributed by atoms with E-state index in [1.165, 1.54) is 12.8 Å². The Balaban J connectivity index is 1.55. The highest BCUT2D eigenvalue weighted by Crippen LogP contribution is 2.36. The molecule has 2 fully saturated rings. The summed E-state index contributed by atoms with van der Waals surface area (Å²) in [5.41, 5.74) is 2.90. The Hall–Kier alpha value is -2.46. The summed E-state index contributed by atoms with van der Waals surface area (Å²) in [4.78, 5) is 12.4. The number of halogens is 1. The number of methoxy groups -OCH3 is 1. The molecule has 2 aromatic carbocycles. The van der Waals surface area contributed by atoms with E-state index in [2.05, 4.69) is 17.4 Å². The fraction of sp³-hybridized carbons (Fsp3) is 0.375. The molecule has 29 heavy (non-hydrogen) atoms. The third-order valence-corrected chi connectivity index (χ3v) is 5.98. The second-order valence-corrected chi connectivity index (χ2v) is 8.20. The maximum Gasteiger partial charge on any atom is 0.247 e. The van der Waals surface area contributed by atoms with Crippen molar-refractivity contribution in [3.8, 4) is 11.5 Å². The highest BCUT2D eigenvalue weighted by molar-refractivity contribution is 6.30. The highest BCUT2D eigenvalue weighted by atomic mass is 35.5. The predicted octanol–water partition coefficient (Wildman–Crippen LogP) is 5.36. The highest BCUT2D eigenvalue weighted by Gasteiger charge is 2.26. The van der Waals surface area contributed by atoms with Gasteiger partial charge in [0.15, 0.2) is 11.5 Å². The standard InChI is InChI=1S/C24H26ClNO3/c1-28-22-11-8-17(14-23(22)29-21-4-2-3-5-21)19-13-18(24(27)26-15-19)12-16-6-9-20(25)10-7-16/h6-12,14,19,21H,2-5,13,15H2,1H3,(H,26,27)/t19-/m1/s1. The molecule has 1 amide bonds. The first-order valence-electron chi connectivity index (χ1n) is 10.2. The Labute approximate surface area is 176 Å². The van der Waals surface area contributed by atoms with Crippen molar-refractivity contribution < 1.29 is 14.3 Å². The number of carbonyl (C=O) groups excluding carboxylic acids is 1. The molecule has 1 atom stereocenters. The smallest absolute Gasteiger partial charge is 0.247 e. The summed E-state index contributed by atoms with van der Waals surface area (Å²) in [6.07, 6.45) is 7.54. The van der Waals surface area contributed by atoms with E-state index in [4.69, 9.17) is 21.1 Å². The fourth-order valence-electron chi connectivity index (χ4n) is 4.11. The van der Waals surface area contributed by atoms with Crippen LogP contribution in [0.4, 0.5) is 0 Å². The van der Waals surface area contributed by atoms with Crippen LogP contribution in [0.25, 0.3) is 6.08 Å². The number of carbonyl (C=O) groups is 1. The van der Waals surface area contributed by atoms with Crippen molar-refractivity contribution in [1.29, 1.82) is 0 Å². The quantitative estimate of drug-likeness (QED) is 0.674. The first-order chi connectivity index (χ1) is 14.1. The Bertz CT molecular complexity index is 901. The van der Waals surface area contributed by atoms with Crippen molar-refractivity contribution in [2.45, 2.75) is 44.1 Å². The zero-order valence-electron chi connectivity index (χ0n) is 16.6. The number of hydrogen-bond donors (Lipinski definition) is 1. The molecule has 1 heterocycles. The molecule has 0 bridgehead atoms. The second-order valence-electron chi connectivity index (χ2n) is 7.77. The zero-order chi connectivity index (χ0) is 20.2. The lowest BCUT2D eigenvalue weighted by Gasteiger charge is -2.26. The average Bonchev–Trinajstić information content (AvgIpc) is 3.24. The summed E-state index contributed by atoms with van der Waals surface area (Å²) in [5, 5.41) is 3.71. The van der Waals surface area contributed by atoms with Crippen LogP contribution in [-0.4, -0.2) is 25.7 Å². The van der Waals surface area contributed by atoms with E-state index in [-0.39, 0.29) is 17.9 Å². The van der Waals surface area contributed by atoms with E-state index in [9.17, 15) is 4.79 Å². The first kappa shape index (κ1) is 19.8. The van der Waals surface area contributed by atoms with Crippen LogP contribution in [-0.2, 0) is 4.79 Å². The van der Waals surface area contributed by atoms with Gasteiger partial charge in [0.2, 0.25) is 5.91 Å². The number of piperidine rings is 1. The Morgan fingerprint density at radius 2 is 1.83 bits per heavy atom. The molecule has 0 spiro atoms. The predicted molar refractivity (Wildman–Crippen MR) is 116 cm³/mol. The van der Waals surface area contributed by atoms with Crippen LogP contribution in [0.3, 0.4) is 0 Å². The number of benzene rings is 2. The molecule has 4 nitrogen and oxygen atoms in total. The summed E-state index contributed by atoms with van der Waals surface area (Å²) in [6.45, 7) is 0.617. The van der Waals surface area contributed by atoms with Crippen molar-refractivity contribution in [3.63, 3.8) is 0 Å². The molecule has 1 aliphatic carbocycles. The summed E-state index contributed by atoms with van der Waals surface area (Å²) >= 11 is 5.96. The van der Waals surface area contributed by atoms with Gasteiger partial charge in [0.25, 0.3) is 0 Å². The van der Waals surface area contributed by atoms with Gasteiger partial charge in [-0.05, 0) is 73.6 Å².